The first-order chi connectivity index (χ1) is 7.45. The van der Waals surface area contributed by atoms with Crippen LogP contribution in [0.3, 0.4) is 0 Å². The van der Waals surface area contributed by atoms with Crippen LogP contribution in [0.4, 0.5) is 0 Å². The van der Waals surface area contributed by atoms with E-state index < -0.39 is 0 Å². The molecule has 1 aliphatic carbocycles. The molecule has 1 N–H and O–H groups in total. The summed E-state index contributed by atoms with van der Waals surface area (Å²) < 4.78 is 5.45. The van der Waals surface area contributed by atoms with Gasteiger partial charge in [0.2, 0.25) is 0 Å². The highest BCUT2D eigenvalue weighted by Crippen LogP contribution is 2.36. The Balaban J connectivity index is 2.60. The van der Waals surface area contributed by atoms with Gasteiger partial charge in [-0.2, -0.15) is 0 Å². The summed E-state index contributed by atoms with van der Waals surface area (Å²) in [6, 6.07) is 0. The van der Waals surface area contributed by atoms with Crippen molar-refractivity contribution in [2.75, 3.05) is 7.11 Å². The third kappa shape index (κ3) is 3.46. The maximum absolute atomic E-state index is 10.4. The van der Waals surface area contributed by atoms with E-state index in [-0.39, 0.29) is 12.2 Å². The standard InChI is InChI=1S/C14H28O2/c1-9(2)14(16-5)13(15)12-7-10(3)6-11(4)8-12/h9-15H,6-8H2,1-5H3. The number of ether oxygens (including phenoxy) is 1. The van der Waals surface area contributed by atoms with Crippen LogP contribution in [-0.4, -0.2) is 24.4 Å². The molecule has 0 amide bonds. The maximum Gasteiger partial charge on any atom is 0.0855 e. The van der Waals surface area contributed by atoms with Crippen LogP contribution in [0.5, 0.6) is 0 Å². The van der Waals surface area contributed by atoms with Gasteiger partial charge in [0.05, 0.1) is 12.2 Å². The Morgan fingerprint density at radius 2 is 1.56 bits per heavy atom. The lowest BCUT2D eigenvalue weighted by Crippen LogP contribution is -2.41. The van der Waals surface area contributed by atoms with E-state index in [2.05, 4.69) is 27.7 Å². The molecule has 0 heterocycles. The molecule has 0 aromatic heterocycles. The van der Waals surface area contributed by atoms with Gasteiger partial charge in [0.25, 0.3) is 0 Å². The quantitative estimate of drug-likeness (QED) is 0.801. The molecular formula is C14H28O2. The van der Waals surface area contributed by atoms with Gasteiger partial charge in [-0.25, -0.2) is 0 Å². The highest BCUT2D eigenvalue weighted by Gasteiger charge is 2.34. The van der Waals surface area contributed by atoms with E-state index in [1.54, 1.807) is 7.11 Å². The Morgan fingerprint density at radius 3 is 1.94 bits per heavy atom. The van der Waals surface area contributed by atoms with Gasteiger partial charge in [-0.05, 0) is 42.9 Å². The SMILES string of the molecule is COC(C(C)C)C(O)C1CC(C)CC(C)C1. The minimum atomic E-state index is -0.296. The molecule has 1 saturated carbocycles. The normalized spacial score (nSPS) is 35.1. The lowest BCUT2D eigenvalue weighted by molar-refractivity contribution is -0.0777. The molecule has 96 valence electrons. The second-order valence-electron chi connectivity index (χ2n) is 6.11. The lowest BCUT2D eigenvalue weighted by Gasteiger charge is -2.38. The van der Waals surface area contributed by atoms with Crippen molar-refractivity contribution in [2.24, 2.45) is 23.7 Å². The van der Waals surface area contributed by atoms with E-state index in [1.807, 2.05) is 0 Å². The summed E-state index contributed by atoms with van der Waals surface area (Å²) in [5, 5.41) is 10.4. The van der Waals surface area contributed by atoms with Gasteiger partial charge in [-0.1, -0.05) is 27.7 Å². The molecule has 1 rings (SSSR count). The molecule has 0 aromatic carbocycles. The van der Waals surface area contributed by atoms with Crippen molar-refractivity contribution in [2.45, 2.75) is 59.2 Å². The number of aliphatic hydroxyl groups excluding tert-OH is 1. The highest BCUT2D eigenvalue weighted by atomic mass is 16.5. The van der Waals surface area contributed by atoms with Gasteiger partial charge < -0.3 is 9.84 Å². The molecule has 4 atom stereocenters. The van der Waals surface area contributed by atoms with Gasteiger partial charge in [0.15, 0.2) is 0 Å². The van der Waals surface area contributed by atoms with E-state index >= 15 is 0 Å². The fourth-order valence-electron chi connectivity index (χ4n) is 3.36. The fraction of sp³-hybridized carbons (Fsp3) is 1.00. The molecule has 0 saturated heterocycles. The van der Waals surface area contributed by atoms with Crippen molar-refractivity contribution in [3.63, 3.8) is 0 Å². The first-order valence-electron chi connectivity index (χ1n) is 6.66. The number of hydrogen-bond donors (Lipinski definition) is 1. The van der Waals surface area contributed by atoms with E-state index in [0.717, 1.165) is 24.7 Å². The van der Waals surface area contributed by atoms with Crippen LogP contribution >= 0.6 is 0 Å². The van der Waals surface area contributed by atoms with Crippen LogP contribution in [-0.2, 0) is 4.74 Å². The fourth-order valence-corrected chi connectivity index (χ4v) is 3.36. The second kappa shape index (κ2) is 6.02. The minimum Gasteiger partial charge on any atom is -0.390 e. The van der Waals surface area contributed by atoms with E-state index in [9.17, 15) is 5.11 Å². The summed E-state index contributed by atoms with van der Waals surface area (Å²) in [5.41, 5.74) is 0. The highest BCUT2D eigenvalue weighted by molar-refractivity contribution is 4.85. The monoisotopic (exact) mass is 228 g/mol. The molecule has 0 bridgehead atoms. The van der Waals surface area contributed by atoms with Crippen LogP contribution in [0.15, 0.2) is 0 Å². The van der Waals surface area contributed by atoms with Crippen molar-refractivity contribution in [3.05, 3.63) is 0 Å². The van der Waals surface area contributed by atoms with Crippen molar-refractivity contribution < 1.29 is 9.84 Å². The Kier molecular flexibility index (Phi) is 5.26. The molecule has 2 nitrogen and oxygen atoms in total. The number of methoxy groups -OCH3 is 1. The number of hydrogen-bond acceptors (Lipinski definition) is 2. The largest absolute Gasteiger partial charge is 0.390 e. The van der Waals surface area contributed by atoms with Gasteiger partial charge in [0.1, 0.15) is 0 Å². The van der Waals surface area contributed by atoms with Crippen molar-refractivity contribution in [1.29, 1.82) is 0 Å². The summed E-state index contributed by atoms with van der Waals surface area (Å²) in [7, 11) is 1.71. The molecular weight excluding hydrogens is 200 g/mol. The molecule has 0 aromatic rings. The molecule has 1 fully saturated rings. The zero-order valence-corrected chi connectivity index (χ0v) is 11.4. The number of rotatable bonds is 4. The molecule has 2 heteroatoms. The van der Waals surface area contributed by atoms with E-state index in [4.69, 9.17) is 4.74 Å². The first-order valence-corrected chi connectivity index (χ1v) is 6.66. The predicted molar refractivity (Wildman–Crippen MR) is 67.3 cm³/mol. The third-order valence-corrected chi connectivity index (χ3v) is 3.96. The van der Waals surface area contributed by atoms with Crippen LogP contribution < -0.4 is 0 Å². The maximum atomic E-state index is 10.4. The topological polar surface area (TPSA) is 29.5 Å². The van der Waals surface area contributed by atoms with Crippen molar-refractivity contribution in [1.82, 2.24) is 0 Å². The van der Waals surface area contributed by atoms with Crippen LogP contribution in [0, 0.1) is 23.7 Å². The molecule has 1 aliphatic rings. The third-order valence-electron chi connectivity index (χ3n) is 3.96. The average Bonchev–Trinajstić information content (AvgIpc) is 2.16. The minimum absolute atomic E-state index is 0.0116. The van der Waals surface area contributed by atoms with Crippen LogP contribution in [0.1, 0.15) is 47.0 Å². The van der Waals surface area contributed by atoms with Gasteiger partial charge in [0, 0.05) is 7.11 Å². The summed E-state index contributed by atoms with van der Waals surface area (Å²) in [6.07, 6.45) is 3.30. The molecule has 16 heavy (non-hydrogen) atoms. The van der Waals surface area contributed by atoms with Gasteiger partial charge in [-0.3, -0.25) is 0 Å². The Labute approximate surface area is 100 Å². The van der Waals surface area contributed by atoms with Crippen molar-refractivity contribution >= 4 is 0 Å². The molecule has 0 aliphatic heterocycles. The Bertz CT molecular complexity index is 193. The van der Waals surface area contributed by atoms with Crippen molar-refractivity contribution in [3.8, 4) is 0 Å². The summed E-state index contributed by atoms with van der Waals surface area (Å²) >= 11 is 0. The molecule has 4 unspecified atom stereocenters. The number of aliphatic hydroxyl groups is 1. The average molecular weight is 228 g/mol. The van der Waals surface area contributed by atoms with Crippen LogP contribution in [0.25, 0.3) is 0 Å². The Morgan fingerprint density at radius 1 is 1.06 bits per heavy atom. The molecule has 0 radical (unpaired) electrons. The van der Waals surface area contributed by atoms with Gasteiger partial charge in [-0.15, -0.1) is 0 Å². The van der Waals surface area contributed by atoms with E-state index in [1.165, 1.54) is 6.42 Å². The van der Waals surface area contributed by atoms with Gasteiger partial charge >= 0.3 is 0 Å². The zero-order valence-electron chi connectivity index (χ0n) is 11.4. The Hall–Kier alpha value is -0.0800. The smallest absolute Gasteiger partial charge is 0.0855 e. The second-order valence-corrected chi connectivity index (χ2v) is 6.11. The molecule has 0 spiro atoms. The first kappa shape index (κ1) is 14.0. The summed E-state index contributed by atoms with van der Waals surface area (Å²) in [6.45, 7) is 8.83. The lowest BCUT2D eigenvalue weighted by atomic mass is 9.72. The van der Waals surface area contributed by atoms with Crippen LogP contribution in [0.2, 0.25) is 0 Å². The summed E-state index contributed by atoms with van der Waals surface area (Å²) in [5.74, 6) is 2.29. The predicted octanol–water partition coefficient (Wildman–Crippen LogP) is 3.09. The summed E-state index contributed by atoms with van der Waals surface area (Å²) in [4.78, 5) is 0. The van der Waals surface area contributed by atoms with E-state index in [0.29, 0.717) is 11.8 Å². The zero-order chi connectivity index (χ0) is 12.3.